The number of rotatable bonds is 1. The van der Waals surface area contributed by atoms with Crippen LogP contribution < -0.4 is 0 Å². The molecule has 0 aromatic carbocycles. The van der Waals surface area contributed by atoms with Gasteiger partial charge in [0.15, 0.2) is 0 Å². The molecule has 4 fully saturated rings. The quantitative estimate of drug-likeness (QED) is 0.709. The lowest BCUT2D eigenvalue weighted by atomic mass is 9.52. The number of carboxylic acid groups (broad SMARTS) is 2. The van der Waals surface area contributed by atoms with Gasteiger partial charge in [-0.15, -0.1) is 0 Å². The molecule has 4 heteroatoms. The van der Waals surface area contributed by atoms with Crippen molar-refractivity contribution in [2.45, 2.75) is 44.1 Å². The lowest BCUT2D eigenvalue weighted by Gasteiger charge is -2.61. The molecule has 4 nitrogen and oxygen atoms in total. The van der Waals surface area contributed by atoms with Crippen LogP contribution in [0.1, 0.15) is 38.5 Å². The van der Waals surface area contributed by atoms with Crippen molar-refractivity contribution in [2.75, 3.05) is 21.1 Å². The minimum atomic E-state index is -1.83. The summed E-state index contributed by atoms with van der Waals surface area (Å²) < 4.78 is 1.22. The van der Waals surface area contributed by atoms with Crippen LogP contribution in [0.4, 0.5) is 4.79 Å². The fourth-order valence-corrected chi connectivity index (χ4v) is 4.89. The average Bonchev–Trinajstić information content (AvgIpc) is 2.11. The van der Waals surface area contributed by atoms with E-state index in [9.17, 15) is 0 Å². The summed E-state index contributed by atoms with van der Waals surface area (Å²) >= 11 is 0. The van der Waals surface area contributed by atoms with Crippen molar-refractivity contribution in [3.05, 3.63) is 0 Å². The van der Waals surface area contributed by atoms with Crippen LogP contribution in [0.15, 0.2) is 0 Å². The molecule has 0 amide bonds. The van der Waals surface area contributed by atoms with Crippen molar-refractivity contribution < 1.29 is 19.5 Å². The molecule has 4 saturated carbocycles. The van der Waals surface area contributed by atoms with E-state index in [2.05, 4.69) is 21.1 Å². The van der Waals surface area contributed by atoms with Crippen LogP contribution in [0.3, 0.4) is 0 Å². The van der Waals surface area contributed by atoms with Crippen LogP contribution in [0.25, 0.3) is 0 Å². The summed E-state index contributed by atoms with van der Waals surface area (Å²) in [5, 5.41) is 13.9. The van der Waals surface area contributed by atoms with Gasteiger partial charge in [0.25, 0.3) is 0 Å². The highest BCUT2D eigenvalue weighted by Crippen LogP contribution is 2.58. The predicted molar refractivity (Wildman–Crippen MR) is 69.6 cm³/mol. The summed E-state index contributed by atoms with van der Waals surface area (Å²) in [6.07, 6.45) is 7.46. The van der Waals surface area contributed by atoms with Crippen molar-refractivity contribution in [1.82, 2.24) is 0 Å². The Morgan fingerprint density at radius 3 is 1.44 bits per heavy atom. The molecule has 104 valence electrons. The molecule has 4 bridgehead atoms. The normalized spacial score (nSPS) is 41.2. The first kappa shape index (κ1) is 13.7. The molecule has 0 aromatic rings. The van der Waals surface area contributed by atoms with Crippen LogP contribution in [0.5, 0.6) is 0 Å². The molecular weight excluding hydrogens is 230 g/mol. The molecule has 0 unspecified atom stereocenters. The first-order valence-corrected chi connectivity index (χ1v) is 6.95. The van der Waals surface area contributed by atoms with Gasteiger partial charge >= 0.3 is 6.16 Å². The van der Waals surface area contributed by atoms with Gasteiger partial charge in [0, 0.05) is 19.3 Å². The van der Waals surface area contributed by atoms with Gasteiger partial charge in [0.1, 0.15) is 0 Å². The standard InChI is InChI=1S/C13H24N.CH2O3/c1-14(2,3)13-7-10-4-11(8-13)6-12(5-10)9-13;2-1(3)4/h10-12H,4-9H2,1-3H3;(H2,2,3,4)/q+1;. The summed E-state index contributed by atoms with van der Waals surface area (Å²) in [4.78, 5) is 8.56. The van der Waals surface area contributed by atoms with E-state index < -0.39 is 6.16 Å². The Kier molecular flexibility index (Phi) is 3.34. The fraction of sp³-hybridized carbons (Fsp3) is 0.929. The molecule has 0 heterocycles. The van der Waals surface area contributed by atoms with Gasteiger partial charge in [-0.3, -0.25) is 0 Å². The summed E-state index contributed by atoms with van der Waals surface area (Å²) in [5.74, 6) is 3.29. The van der Waals surface area contributed by atoms with Crippen LogP contribution in [0.2, 0.25) is 0 Å². The maximum absolute atomic E-state index is 8.56. The van der Waals surface area contributed by atoms with E-state index in [1.165, 1.54) is 23.7 Å². The Balaban J connectivity index is 0.000000267. The highest BCUT2D eigenvalue weighted by Gasteiger charge is 2.57. The Morgan fingerprint density at radius 1 is 0.944 bits per heavy atom. The maximum atomic E-state index is 8.56. The highest BCUT2D eigenvalue weighted by atomic mass is 16.6. The van der Waals surface area contributed by atoms with Gasteiger partial charge in [-0.05, 0) is 37.0 Å². The largest absolute Gasteiger partial charge is 0.503 e. The minimum absolute atomic E-state index is 0.675. The van der Waals surface area contributed by atoms with Crippen molar-refractivity contribution in [2.24, 2.45) is 17.8 Å². The molecule has 0 atom stereocenters. The Labute approximate surface area is 109 Å². The summed E-state index contributed by atoms with van der Waals surface area (Å²) in [7, 11) is 7.27. The lowest BCUT2D eigenvalue weighted by molar-refractivity contribution is -0.930. The van der Waals surface area contributed by atoms with E-state index in [1.807, 2.05) is 0 Å². The Morgan fingerprint density at radius 2 is 1.22 bits per heavy atom. The predicted octanol–water partition coefficient (Wildman–Crippen LogP) is 2.88. The summed E-state index contributed by atoms with van der Waals surface area (Å²) in [6.45, 7) is 0. The van der Waals surface area contributed by atoms with E-state index in [4.69, 9.17) is 15.0 Å². The molecule has 0 radical (unpaired) electrons. The number of hydrogen-bond donors (Lipinski definition) is 2. The number of quaternary nitrogens is 1. The van der Waals surface area contributed by atoms with Crippen molar-refractivity contribution in [3.63, 3.8) is 0 Å². The zero-order chi connectivity index (χ0) is 13.6. The second kappa shape index (κ2) is 4.41. The highest BCUT2D eigenvalue weighted by molar-refractivity contribution is 5.53. The number of nitrogens with zero attached hydrogens (tertiary/aromatic N) is 1. The summed E-state index contributed by atoms with van der Waals surface area (Å²) in [5.41, 5.74) is 0.675. The molecule has 0 aromatic heterocycles. The first-order chi connectivity index (χ1) is 8.22. The molecule has 2 N–H and O–H groups in total. The first-order valence-electron chi connectivity index (χ1n) is 6.95. The molecule has 0 spiro atoms. The van der Waals surface area contributed by atoms with Gasteiger partial charge < -0.3 is 14.7 Å². The van der Waals surface area contributed by atoms with Crippen molar-refractivity contribution in [3.8, 4) is 0 Å². The van der Waals surface area contributed by atoms with E-state index in [0.29, 0.717) is 5.54 Å². The molecule has 0 saturated heterocycles. The van der Waals surface area contributed by atoms with Crippen molar-refractivity contribution >= 4 is 6.16 Å². The molecule has 0 aliphatic heterocycles. The van der Waals surface area contributed by atoms with Crippen LogP contribution >= 0.6 is 0 Å². The van der Waals surface area contributed by atoms with Crippen LogP contribution in [-0.4, -0.2) is 47.5 Å². The van der Waals surface area contributed by atoms with E-state index >= 15 is 0 Å². The molecule has 4 rings (SSSR count). The van der Waals surface area contributed by atoms with E-state index in [1.54, 1.807) is 19.3 Å². The van der Waals surface area contributed by atoms with E-state index in [0.717, 1.165) is 17.8 Å². The fourth-order valence-electron chi connectivity index (χ4n) is 4.89. The average molecular weight is 256 g/mol. The molecule has 4 aliphatic carbocycles. The van der Waals surface area contributed by atoms with Gasteiger partial charge in [-0.25, -0.2) is 4.79 Å². The van der Waals surface area contributed by atoms with Gasteiger partial charge in [-0.2, -0.15) is 0 Å². The SMILES string of the molecule is C[N+](C)(C)C12CC3CC(CC(C3)C1)C2.O=C(O)O. The molecular formula is C14H26NO3+. The number of carbonyl (C=O) groups is 1. The van der Waals surface area contributed by atoms with Crippen LogP contribution in [-0.2, 0) is 0 Å². The van der Waals surface area contributed by atoms with Crippen molar-refractivity contribution in [1.29, 1.82) is 0 Å². The molecule has 18 heavy (non-hydrogen) atoms. The van der Waals surface area contributed by atoms with Gasteiger partial charge in [-0.1, -0.05) is 0 Å². The Bertz CT molecular complexity index is 293. The minimum Gasteiger partial charge on any atom is -0.450 e. The summed E-state index contributed by atoms with van der Waals surface area (Å²) in [6, 6.07) is 0. The lowest BCUT2D eigenvalue weighted by Crippen LogP contribution is -2.65. The zero-order valence-corrected chi connectivity index (χ0v) is 11.7. The second-order valence-corrected chi connectivity index (χ2v) is 7.44. The monoisotopic (exact) mass is 256 g/mol. The Hall–Kier alpha value is -0.770. The van der Waals surface area contributed by atoms with Gasteiger partial charge in [0.2, 0.25) is 0 Å². The zero-order valence-electron chi connectivity index (χ0n) is 11.7. The van der Waals surface area contributed by atoms with Gasteiger partial charge in [0.05, 0.1) is 26.7 Å². The second-order valence-electron chi connectivity index (χ2n) is 7.44. The topological polar surface area (TPSA) is 57.5 Å². The number of hydrogen-bond acceptors (Lipinski definition) is 1. The third-order valence-electron chi connectivity index (χ3n) is 5.43. The molecule has 4 aliphatic rings. The van der Waals surface area contributed by atoms with Crippen LogP contribution in [0, 0.1) is 17.8 Å². The third-order valence-corrected chi connectivity index (χ3v) is 5.43. The maximum Gasteiger partial charge on any atom is 0.503 e. The van der Waals surface area contributed by atoms with E-state index in [-0.39, 0.29) is 0 Å². The third kappa shape index (κ3) is 2.48. The smallest absolute Gasteiger partial charge is 0.450 e.